The Morgan fingerprint density at radius 1 is 0.418 bits per heavy atom. The Morgan fingerprint density at radius 2 is 0.709 bits per heavy atom. The van der Waals surface area contributed by atoms with Crippen molar-refractivity contribution in [1.29, 1.82) is 0 Å². The molecule has 0 amide bonds. The van der Waals surface area contributed by atoms with Crippen LogP contribution in [0.1, 0.15) is 65.2 Å². The van der Waals surface area contributed by atoms with Gasteiger partial charge >= 0.3 is 31.3 Å². The number of halogens is 4. The standard InChI is InChI=1S/C12H18ClO5P.C10H15O5P.C10H15O4P.C8H10ClO5P.C6H6O.C2H4BrCl.3CH4.H2/c1-3-16-19(14,17-4-2)18-12-8-6-5-7-11(12)15-10-9-13;1-3-13-16(12,14-4-2)15-10-8-6-5-7-9(10)11;1-3-12-15(11,13-4-2)14-10-8-6-5-7-9-10;9-5-6-13-7-3-1-2-4-8(7)14-15(10,11)12;7-6-4-2-1-3-5-6;3-1-2-4;;;;/h5-8H,3-4,9-10H2,1-2H3;5-8,11H,3-4H2,1-2H3;5-9H,3-4H2,1-2H3;1-4H,5-6H2,(H2,10,11,12);1-5,7H;1-2H2;3*1H4;1H/i;;;;;;;;;1+1. The van der Waals surface area contributed by atoms with Crippen molar-refractivity contribution < 1.29 is 94.4 Å². The molecular formula is C51H82BrCl3O20P4. The van der Waals surface area contributed by atoms with Crippen LogP contribution in [0.4, 0.5) is 0 Å². The molecule has 5 rings (SSSR count). The third kappa shape index (κ3) is 40.3. The van der Waals surface area contributed by atoms with Crippen LogP contribution < -0.4 is 27.6 Å². The summed E-state index contributed by atoms with van der Waals surface area (Å²) < 4.78 is 107. The number of phosphoric acid groups is 4. The van der Waals surface area contributed by atoms with Gasteiger partial charge in [-0.1, -0.05) is 111 Å². The number of hydrogen-bond donors (Lipinski definition) is 4. The molecule has 4 N–H and O–H groups in total. The van der Waals surface area contributed by atoms with Crippen LogP contribution >= 0.6 is 82.0 Å². The zero-order valence-electron chi connectivity index (χ0n) is 42.8. The summed E-state index contributed by atoms with van der Waals surface area (Å²) in [5.41, 5.74) is 0. The van der Waals surface area contributed by atoms with E-state index in [4.69, 9.17) is 99.9 Å². The largest absolute Gasteiger partial charge is 0.530 e. The number of phenolic OH excluding ortho intramolecular Hbond substituents is 2. The molecule has 79 heavy (non-hydrogen) atoms. The second kappa shape index (κ2) is 49.1. The second-order valence-corrected chi connectivity index (χ2v) is 21.0. The van der Waals surface area contributed by atoms with Crippen LogP contribution in [-0.4, -0.2) is 95.8 Å². The average molecular weight is 1330 g/mol. The van der Waals surface area contributed by atoms with Crippen LogP contribution in [0, 0.1) is 0 Å². The second-order valence-electron chi connectivity index (χ2n) is 13.2. The quantitative estimate of drug-likeness (QED) is 0.0281. The lowest BCUT2D eigenvalue weighted by molar-refractivity contribution is 0.164. The Morgan fingerprint density at radius 3 is 1.01 bits per heavy atom. The van der Waals surface area contributed by atoms with Crippen molar-refractivity contribution in [2.24, 2.45) is 0 Å². The number of ether oxygens (including phenoxy) is 2. The number of benzene rings is 5. The molecule has 0 radical (unpaired) electrons. The minimum absolute atomic E-state index is 0. The molecule has 5 aromatic carbocycles. The molecule has 0 bridgehead atoms. The van der Waals surface area contributed by atoms with Crippen LogP contribution in [0.3, 0.4) is 0 Å². The first kappa shape index (κ1) is 81.9. The molecule has 0 saturated heterocycles. The van der Waals surface area contributed by atoms with E-state index in [9.17, 15) is 23.4 Å². The molecule has 0 spiro atoms. The van der Waals surface area contributed by atoms with Crippen LogP contribution in [0.2, 0.25) is 0 Å². The SMILES string of the molecule is C.C.C.CCOP(=O)(OCC)Oc1ccccc1.CCOP(=O)(OCC)Oc1ccccc1O.CCOP(=O)(OCC)Oc1ccccc1OCCCl.ClCCBr.O=P(O)(O)Oc1ccccc1OCCCl.Oc1ccccc1.[2HH]. The number of alkyl halides is 4. The Bertz CT molecular complexity index is 2410. The summed E-state index contributed by atoms with van der Waals surface area (Å²) in [6, 6.07) is 36.8. The topological polar surface area (TPSA) is 260 Å². The van der Waals surface area contributed by atoms with Gasteiger partial charge in [-0.2, -0.15) is 0 Å². The lowest BCUT2D eigenvalue weighted by Gasteiger charge is -2.18. The number of phosphoric ester groups is 4. The summed E-state index contributed by atoms with van der Waals surface area (Å²) >= 11 is 19.2. The molecule has 0 saturated carbocycles. The van der Waals surface area contributed by atoms with Gasteiger partial charge in [0.1, 0.15) is 24.7 Å². The fraction of sp³-hybridized carbons (Fsp3) is 0.412. The van der Waals surface area contributed by atoms with Gasteiger partial charge in [-0.15, -0.1) is 34.8 Å². The maximum absolute atomic E-state index is 12.3. The van der Waals surface area contributed by atoms with Crippen LogP contribution in [0.5, 0.6) is 46.0 Å². The zero-order valence-corrected chi connectivity index (χ0v) is 50.2. The molecular weight excluding hydrogens is 1240 g/mol. The van der Waals surface area contributed by atoms with Gasteiger partial charge in [0, 0.05) is 12.6 Å². The van der Waals surface area contributed by atoms with E-state index in [-0.39, 0.29) is 98.8 Å². The van der Waals surface area contributed by atoms with Crippen LogP contribution in [-0.2, 0) is 45.4 Å². The molecule has 0 heterocycles. The van der Waals surface area contributed by atoms with E-state index < -0.39 is 31.3 Å². The normalized spacial score (nSPS) is 10.4. The highest BCUT2D eigenvalue weighted by atomic mass is 79.9. The first-order valence-electron chi connectivity index (χ1n) is 23.1. The summed E-state index contributed by atoms with van der Waals surface area (Å²) in [5.74, 6) is 3.10. The van der Waals surface area contributed by atoms with Crippen LogP contribution in [0.25, 0.3) is 0 Å². The summed E-state index contributed by atoms with van der Waals surface area (Å²) in [4.78, 5) is 17.3. The molecule has 0 aliphatic heterocycles. The van der Waals surface area contributed by atoms with E-state index in [2.05, 4.69) is 20.5 Å². The van der Waals surface area contributed by atoms with Crippen molar-refractivity contribution in [3.05, 3.63) is 133 Å². The van der Waals surface area contributed by atoms with E-state index in [1.165, 1.54) is 24.3 Å². The lowest BCUT2D eigenvalue weighted by atomic mass is 10.3. The maximum atomic E-state index is 12.3. The molecule has 28 heteroatoms. The van der Waals surface area contributed by atoms with Crippen molar-refractivity contribution in [3.8, 4) is 46.0 Å². The van der Waals surface area contributed by atoms with E-state index in [0.717, 1.165) is 5.33 Å². The predicted molar refractivity (Wildman–Crippen MR) is 322 cm³/mol. The molecule has 0 atom stereocenters. The van der Waals surface area contributed by atoms with Crippen molar-refractivity contribution in [2.75, 3.05) is 75.8 Å². The molecule has 0 aliphatic rings. The highest BCUT2D eigenvalue weighted by Crippen LogP contribution is 2.52. The summed E-state index contributed by atoms with van der Waals surface area (Å²) in [6.45, 7) is 12.2. The summed E-state index contributed by atoms with van der Waals surface area (Å²) in [6.07, 6.45) is 0. The first-order valence-corrected chi connectivity index (χ1v) is 31.7. The van der Waals surface area contributed by atoms with Gasteiger partial charge in [-0.05, 0) is 102 Å². The Labute approximate surface area is 492 Å². The van der Waals surface area contributed by atoms with Crippen molar-refractivity contribution >= 4 is 82.0 Å². The van der Waals surface area contributed by atoms with Crippen molar-refractivity contribution in [2.45, 2.75) is 63.8 Å². The molecule has 20 nitrogen and oxygen atoms in total. The highest BCUT2D eigenvalue weighted by Gasteiger charge is 2.30. The highest BCUT2D eigenvalue weighted by molar-refractivity contribution is 9.09. The summed E-state index contributed by atoms with van der Waals surface area (Å²) in [5, 5.41) is 19.0. The molecule has 0 aliphatic carbocycles. The van der Waals surface area contributed by atoms with Gasteiger partial charge in [0.05, 0.1) is 51.4 Å². The minimum atomic E-state index is -4.56. The molecule has 0 aromatic heterocycles. The Kier molecular flexibility index (Phi) is 50.9. The molecule has 454 valence electrons. The monoisotopic (exact) mass is 1320 g/mol. The van der Waals surface area contributed by atoms with E-state index >= 15 is 0 Å². The fourth-order valence-electron chi connectivity index (χ4n) is 4.75. The predicted octanol–water partition coefficient (Wildman–Crippen LogP) is 17.0. The molecule has 5 aromatic rings. The zero-order chi connectivity index (χ0) is 57.1. The third-order valence-corrected chi connectivity index (χ3v) is 13.9. The van der Waals surface area contributed by atoms with Gasteiger partial charge < -0.3 is 37.8 Å². The fourth-order valence-corrected chi connectivity index (χ4v) is 8.91. The number of rotatable bonds is 27. The van der Waals surface area contributed by atoms with Gasteiger partial charge in [-0.3, -0.25) is 36.9 Å². The van der Waals surface area contributed by atoms with Gasteiger partial charge in [0.25, 0.3) is 0 Å². The molecule has 0 unspecified atom stereocenters. The van der Waals surface area contributed by atoms with Gasteiger partial charge in [0.15, 0.2) is 34.5 Å². The van der Waals surface area contributed by atoms with Gasteiger partial charge in [0.2, 0.25) is 0 Å². The number of para-hydroxylation sites is 8. The van der Waals surface area contributed by atoms with Crippen LogP contribution in [0.15, 0.2) is 133 Å². The number of hydrogen-bond acceptors (Lipinski definition) is 18. The van der Waals surface area contributed by atoms with E-state index in [0.29, 0.717) is 41.4 Å². The average Bonchev–Trinajstić information content (AvgIpc) is 3.38. The van der Waals surface area contributed by atoms with E-state index in [1.807, 2.05) is 12.1 Å². The Hall–Kier alpha value is -3.55. The van der Waals surface area contributed by atoms with E-state index in [1.54, 1.807) is 139 Å². The van der Waals surface area contributed by atoms with Crippen molar-refractivity contribution in [1.82, 2.24) is 0 Å². The lowest BCUT2D eigenvalue weighted by Crippen LogP contribution is -2.05. The summed E-state index contributed by atoms with van der Waals surface area (Å²) in [7, 11) is -15.2. The smallest absolute Gasteiger partial charge is 0.508 e. The third-order valence-electron chi connectivity index (χ3n) is 7.38. The first-order chi connectivity index (χ1) is 36.3. The number of aromatic hydroxyl groups is 2. The minimum Gasteiger partial charge on any atom is -0.508 e. The van der Waals surface area contributed by atoms with Gasteiger partial charge in [-0.25, -0.2) is 18.3 Å². The molecule has 0 fully saturated rings. The van der Waals surface area contributed by atoms with Crippen molar-refractivity contribution in [3.63, 3.8) is 0 Å². The Balaban J connectivity index is -0.000000290. The maximum Gasteiger partial charge on any atom is 0.530 e. The number of phenols is 2.